The predicted octanol–water partition coefficient (Wildman–Crippen LogP) is 16.1. The number of amides is 1. The van der Waals surface area contributed by atoms with Crippen LogP contribution in [0.5, 0.6) is 0 Å². The number of allylic oxidation sites excluding steroid dienone is 2. The zero-order valence-corrected chi connectivity index (χ0v) is 40.6. The van der Waals surface area contributed by atoms with E-state index >= 15 is 0 Å². The molecule has 0 saturated heterocycles. The number of aliphatic hydroxyl groups excluding tert-OH is 2. The summed E-state index contributed by atoms with van der Waals surface area (Å²) in [5.41, 5.74) is 0. The van der Waals surface area contributed by atoms with Crippen LogP contribution in [0.4, 0.5) is 0 Å². The highest BCUT2D eigenvalue weighted by molar-refractivity contribution is 5.77. The Morgan fingerprint density at radius 2 is 0.800 bits per heavy atom. The number of nitrogens with one attached hydrogen (secondary N) is 1. The highest BCUT2D eigenvalue weighted by Gasteiger charge is 2.24. The number of carbonyl (C=O) groups is 2. The Labute approximate surface area is 374 Å². The van der Waals surface area contributed by atoms with Gasteiger partial charge in [-0.1, -0.05) is 245 Å². The van der Waals surface area contributed by atoms with Crippen molar-refractivity contribution in [2.24, 2.45) is 0 Å². The number of hydrogen-bond acceptors (Lipinski definition) is 5. The van der Waals surface area contributed by atoms with Crippen LogP contribution in [0, 0.1) is 0 Å². The molecule has 0 aromatic rings. The number of hydrogen-bond donors (Lipinski definition) is 3. The summed E-state index contributed by atoms with van der Waals surface area (Å²) in [4.78, 5) is 26.2. The quantitative estimate of drug-likeness (QED) is 0.0322. The summed E-state index contributed by atoms with van der Waals surface area (Å²) in [6, 6.07) is -0.695. The predicted molar refractivity (Wildman–Crippen MR) is 260 cm³/mol. The molecular weight excluding hydrogens is 743 g/mol. The van der Waals surface area contributed by atoms with Crippen molar-refractivity contribution in [2.75, 3.05) is 6.61 Å². The molecule has 3 unspecified atom stereocenters. The van der Waals surface area contributed by atoms with E-state index in [2.05, 4.69) is 38.2 Å². The number of ether oxygens (including phenoxy) is 1. The highest BCUT2D eigenvalue weighted by atomic mass is 16.5. The summed E-state index contributed by atoms with van der Waals surface area (Å²) < 4.78 is 5.95. The first kappa shape index (κ1) is 58.6. The van der Waals surface area contributed by atoms with E-state index in [0.717, 1.165) is 44.9 Å². The van der Waals surface area contributed by atoms with Crippen LogP contribution in [0.1, 0.15) is 297 Å². The van der Waals surface area contributed by atoms with Crippen LogP contribution in [-0.4, -0.2) is 46.9 Å². The Hall–Kier alpha value is -1.40. The third-order valence-electron chi connectivity index (χ3n) is 12.6. The van der Waals surface area contributed by atoms with Gasteiger partial charge in [0.25, 0.3) is 0 Å². The lowest BCUT2D eigenvalue weighted by Gasteiger charge is -2.24. The van der Waals surface area contributed by atoms with E-state index in [4.69, 9.17) is 4.74 Å². The molecule has 0 bridgehead atoms. The van der Waals surface area contributed by atoms with Crippen LogP contribution in [-0.2, 0) is 14.3 Å². The van der Waals surface area contributed by atoms with Crippen LogP contribution in [0.25, 0.3) is 0 Å². The highest BCUT2D eigenvalue weighted by Crippen LogP contribution is 2.19. The van der Waals surface area contributed by atoms with Crippen molar-refractivity contribution >= 4 is 11.9 Å². The minimum atomic E-state index is -0.781. The average Bonchev–Trinajstić information content (AvgIpc) is 3.24. The fraction of sp³-hybridized carbons (Fsp3) is 0.926. The van der Waals surface area contributed by atoms with E-state index < -0.39 is 18.2 Å². The molecule has 0 spiro atoms. The van der Waals surface area contributed by atoms with Crippen molar-refractivity contribution in [1.29, 1.82) is 0 Å². The van der Waals surface area contributed by atoms with E-state index in [1.54, 1.807) is 0 Å². The first-order chi connectivity index (χ1) is 29.5. The zero-order valence-electron chi connectivity index (χ0n) is 40.6. The van der Waals surface area contributed by atoms with Crippen molar-refractivity contribution in [2.45, 2.75) is 315 Å². The average molecular weight is 848 g/mol. The summed E-state index contributed by atoms with van der Waals surface area (Å²) in [5, 5.41) is 23.8. The van der Waals surface area contributed by atoms with E-state index in [-0.39, 0.29) is 24.9 Å². The van der Waals surface area contributed by atoms with E-state index in [0.29, 0.717) is 19.3 Å². The Bertz CT molecular complexity index is 909. The van der Waals surface area contributed by atoms with Gasteiger partial charge in [-0.25, -0.2) is 0 Å². The molecule has 6 heteroatoms. The van der Waals surface area contributed by atoms with Crippen LogP contribution in [0.3, 0.4) is 0 Å². The molecule has 1 amide bonds. The minimum Gasteiger partial charge on any atom is -0.462 e. The topological polar surface area (TPSA) is 95.9 Å². The molecule has 3 N–H and O–H groups in total. The SMILES string of the molecule is CCCCCC/C=C\CCCCCCCCCC(=O)OC(CCCCCCCCCCCCCCCCC)CC(=O)NC(CO)C(O)CCCCCCCCCCCCC. The maximum atomic E-state index is 13.2. The van der Waals surface area contributed by atoms with Gasteiger partial charge in [0.2, 0.25) is 5.91 Å². The molecule has 6 nitrogen and oxygen atoms in total. The van der Waals surface area contributed by atoms with Gasteiger partial charge in [-0.3, -0.25) is 9.59 Å². The van der Waals surface area contributed by atoms with Crippen LogP contribution in [0.2, 0.25) is 0 Å². The van der Waals surface area contributed by atoms with Crippen LogP contribution >= 0.6 is 0 Å². The van der Waals surface area contributed by atoms with Crippen molar-refractivity contribution in [3.05, 3.63) is 12.2 Å². The molecule has 0 aliphatic rings. The Kier molecular flexibility index (Phi) is 47.5. The Balaban J connectivity index is 4.54. The number of aliphatic hydroxyl groups is 2. The fourth-order valence-corrected chi connectivity index (χ4v) is 8.49. The fourth-order valence-electron chi connectivity index (χ4n) is 8.49. The second-order valence-corrected chi connectivity index (χ2v) is 18.6. The smallest absolute Gasteiger partial charge is 0.306 e. The van der Waals surface area contributed by atoms with E-state index in [9.17, 15) is 19.8 Å². The molecule has 0 radical (unpaired) electrons. The summed E-state index contributed by atoms with van der Waals surface area (Å²) in [5.74, 6) is -0.460. The van der Waals surface area contributed by atoms with Gasteiger partial charge in [0.15, 0.2) is 0 Å². The maximum absolute atomic E-state index is 13.2. The monoisotopic (exact) mass is 848 g/mol. The first-order valence-electron chi connectivity index (χ1n) is 26.9. The summed E-state index contributed by atoms with van der Waals surface area (Å²) >= 11 is 0. The number of rotatable bonds is 49. The van der Waals surface area contributed by atoms with Gasteiger partial charge in [-0.2, -0.15) is 0 Å². The molecule has 356 valence electrons. The molecule has 0 saturated carbocycles. The number of carbonyl (C=O) groups excluding carboxylic acids is 2. The molecule has 0 aliphatic carbocycles. The summed E-state index contributed by atoms with van der Waals surface area (Å²) in [7, 11) is 0. The van der Waals surface area contributed by atoms with Crippen molar-refractivity contribution in [3.63, 3.8) is 0 Å². The molecule has 3 atom stereocenters. The van der Waals surface area contributed by atoms with Gasteiger partial charge >= 0.3 is 5.97 Å². The minimum absolute atomic E-state index is 0.0834. The molecule has 0 heterocycles. The third-order valence-corrected chi connectivity index (χ3v) is 12.6. The van der Waals surface area contributed by atoms with Crippen LogP contribution in [0.15, 0.2) is 12.2 Å². The lowest BCUT2D eigenvalue weighted by atomic mass is 10.0. The normalized spacial score (nSPS) is 13.2. The largest absolute Gasteiger partial charge is 0.462 e. The second kappa shape index (κ2) is 48.6. The number of unbranched alkanes of at least 4 members (excludes halogenated alkanes) is 35. The summed E-state index contributed by atoms with van der Waals surface area (Å²) in [6.07, 6.45) is 54.1. The maximum Gasteiger partial charge on any atom is 0.306 e. The first-order valence-corrected chi connectivity index (χ1v) is 26.9. The van der Waals surface area contributed by atoms with Gasteiger partial charge in [-0.15, -0.1) is 0 Å². The summed E-state index contributed by atoms with van der Waals surface area (Å²) in [6.45, 7) is 6.49. The molecule has 0 aromatic heterocycles. The Morgan fingerprint density at radius 3 is 1.20 bits per heavy atom. The van der Waals surface area contributed by atoms with Crippen LogP contribution < -0.4 is 5.32 Å². The van der Waals surface area contributed by atoms with Gasteiger partial charge < -0.3 is 20.3 Å². The second-order valence-electron chi connectivity index (χ2n) is 18.6. The number of esters is 1. The standard InChI is InChI=1S/C54H105NO5/c1-4-7-10-13-16-19-22-24-26-28-31-33-36-39-42-45-50(60-54(59)47-44-41-38-35-32-29-27-25-23-20-17-14-11-8-5-2)48-53(58)55-51(49-56)52(57)46-43-40-37-34-30-21-18-15-12-9-6-3/h20,23,50-52,56-57H,4-19,21-22,24-49H2,1-3H3,(H,55,58)/b23-20-. The molecule has 0 fully saturated rings. The molecule has 60 heavy (non-hydrogen) atoms. The van der Waals surface area contributed by atoms with Crippen molar-refractivity contribution < 1.29 is 24.5 Å². The lowest BCUT2D eigenvalue weighted by molar-refractivity contribution is -0.151. The zero-order chi connectivity index (χ0) is 43.8. The van der Waals surface area contributed by atoms with E-state index in [1.165, 1.54) is 205 Å². The Morgan fingerprint density at radius 1 is 0.467 bits per heavy atom. The van der Waals surface area contributed by atoms with Gasteiger partial charge in [0.05, 0.1) is 25.2 Å². The van der Waals surface area contributed by atoms with Gasteiger partial charge in [-0.05, 0) is 51.4 Å². The van der Waals surface area contributed by atoms with Crippen molar-refractivity contribution in [3.8, 4) is 0 Å². The molecule has 0 aliphatic heterocycles. The lowest BCUT2D eigenvalue weighted by Crippen LogP contribution is -2.46. The molecule has 0 rings (SSSR count). The third kappa shape index (κ3) is 43.3. The van der Waals surface area contributed by atoms with Gasteiger partial charge in [0.1, 0.15) is 6.10 Å². The van der Waals surface area contributed by atoms with Gasteiger partial charge in [0, 0.05) is 6.42 Å². The molecule has 0 aromatic carbocycles. The van der Waals surface area contributed by atoms with Crippen molar-refractivity contribution in [1.82, 2.24) is 5.32 Å². The molecular formula is C54H105NO5. The van der Waals surface area contributed by atoms with E-state index in [1.807, 2.05) is 0 Å².